The van der Waals surface area contributed by atoms with Gasteiger partial charge in [-0.15, -0.1) is 0 Å². The predicted octanol–water partition coefficient (Wildman–Crippen LogP) is 1.76. The van der Waals surface area contributed by atoms with Gasteiger partial charge in [0, 0.05) is 24.8 Å². The highest BCUT2D eigenvalue weighted by Gasteiger charge is 1.88. The highest BCUT2D eigenvalue weighted by molar-refractivity contribution is 6.29. The third kappa shape index (κ3) is 9.95. The van der Waals surface area contributed by atoms with Crippen molar-refractivity contribution >= 4 is 11.6 Å². The molecule has 0 aromatic heterocycles. The lowest BCUT2D eigenvalue weighted by atomic mass is 10.4. The van der Waals surface area contributed by atoms with Gasteiger partial charge in [-0.25, -0.2) is 0 Å². The Morgan fingerprint density at radius 1 is 1.64 bits per heavy atom. The van der Waals surface area contributed by atoms with Crippen LogP contribution < -0.4 is 5.32 Å². The van der Waals surface area contributed by atoms with Gasteiger partial charge < -0.3 is 10.1 Å². The summed E-state index contributed by atoms with van der Waals surface area (Å²) in [6, 6.07) is 0. The van der Waals surface area contributed by atoms with Crippen molar-refractivity contribution in [3.05, 3.63) is 11.6 Å². The summed E-state index contributed by atoms with van der Waals surface area (Å²) in [5.74, 6) is 0. The Morgan fingerprint density at radius 3 is 2.91 bits per heavy atom. The molecule has 0 saturated carbocycles. The molecule has 0 aromatic rings. The van der Waals surface area contributed by atoms with E-state index in [1.165, 1.54) is 0 Å². The Labute approximate surface area is 73.6 Å². The molecule has 0 amide bonds. The van der Waals surface area contributed by atoms with E-state index in [-0.39, 0.29) is 0 Å². The van der Waals surface area contributed by atoms with E-state index < -0.39 is 0 Å². The summed E-state index contributed by atoms with van der Waals surface area (Å²) < 4.78 is 5.15. The van der Waals surface area contributed by atoms with E-state index in [9.17, 15) is 0 Å². The number of ether oxygens (including phenoxy) is 1. The minimum atomic E-state index is 0.654. The summed E-state index contributed by atoms with van der Waals surface area (Å²) in [5.41, 5.74) is 0. The fourth-order valence-electron chi connectivity index (χ4n) is 0.668. The zero-order valence-electron chi connectivity index (χ0n) is 7.03. The molecule has 3 heteroatoms. The van der Waals surface area contributed by atoms with Crippen LogP contribution in [0.3, 0.4) is 0 Å². The Morgan fingerprint density at radius 2 is 2.36 bits per heavy atom. The molecule has 0 saturated heterocycles. The lowest BCUT2D eigenvalue weighted by molar-refractivity contribution is 0.145. The Kier molecular flexibility index (Phi) is 8.01. The second-order valence-electron chi connectivity index (χ2n) is 2.24. The van der Waals surface area contributed by atoms with Gasteiger partial charge in [0.1, 0.15) is 0 Å². The normalized spacial score (nSPS) is 10.0. The molecule has 0 bridgehead atoms. The molecule has 0 atom stereocenters. The minimum absolute atomic E-state index is 0.654. The number of rotatable bonds is 7. The van der Waals surface area contributed by atoms with Crippen LogP contribution in [0.2, 0.25) is 0 Å². The Balaban J connectivity index is 2.85. The van der Waals surface area contributed by atoms with E-state index in [0.29, 0.717) is 11.6 Å². The average Bonchev–Trinajstić information content (AvgIpc) is 1.96. The van der Waals surface area contributed by atoms with Gasteiger partial charge in [0.25, 0.3) is 0 Å². The van der Waals surface area contributed by atoms with E-state index in [1.54, 1.807) is 0 Å². The molecule has 11 heavy (non-hydrogen) atoms. The predicted molar refractivity (Wildman–Crippen MR) is 49.0 cm³/mol. The molecule has 0 aliphatic rings. The number of hydrogen-bond donors (Lipinski definition) is 1. The van der Waals surface area contributed by atoms with E-state index in [4.69, 9.17) is 16.3 Å². The van der Waals surface area contributed by atoms with Crippen molar-refractivity contribution in [1.29, 1.82) is 0 Å². The van der Waals surface area contributed by atoms with Crippen molar-refractivity contribution in [3.63, 3.8) is 0 Å². The highest BCUT2D eigenvalue weighted by atomic mass is 35.5. The molecule has 0 aromatic carbocycles. The SMILES string of the molecule is C=C(Cl)CNCCCOCC. The summed E-state index contributed by atoms with van der Waals surface area (Å²) in [5, 5.41) is 3.79. The maximum Gasteiger partial charge on any atom is 0.0477 e. The first-order valence-corrected chi connectivity index (χ1v) is 4.27. The van der Waals surface area contributed by atoms with Crippen molar-refractivity contribution in [1.82, 2.24) is 5.32 Å². The van der Waals surface area contributed by atoms with Crippen molar-refractivity contribution in [2.24, 2.45) is 0 Å². The van der Waals surface area contributed by atoms with Crippen molar-refractivity contribution < 1.29 is 4.74 Å². The maximum absolute atomic E-state index is 5.53. The van der Waals surface area contributed by atoms with Crippen LogP contribution >= 0.6 is 11.6 Å². The van der Waals surface area contributed by atoms with Gasteiger partial charge in [0.2, 0.25) is 0 Å². The Bertz CT molecular complexity index is 106. The molecule has 0 heterocycles. The van der Waals surface area contributed by atoms with Crippen LogP contribution in [0.25, 0.3) is 0 Å². The molecule has 66 valence electrons. The molecule has 0 aliphatic heterocycles. The van der Waals surface area contributed by atoms with Crippen molar-refractivity contribution in [2.75, 3.05) is 26.3 Å². The van der Waals surface area contributed by atoms with Gasteiger partial charge in [-0.2, -0.15) is 0 Å². The van der Waals surface area contributed by atoms with E-state index in [1.807, 2.05) is 6.92 Å². The number of hydrogen-bond acceptors (Lipinski definition) is 2. The number of nitrogens with one attached hydrogen (secondary N) is 1. The monoisotopic (exact) mass is 177 g/mol. The largest absolute Gasteiger partial charge is 0.382 e. The molecule has 0 rings (SSSR count). The van der Waals surface area contributed by atoms with Gasteiger partial charge in [0.15, 0.2) is 0 Å². The van der Waals surface area contributed by atoms with Crippen LogP contribution in [0.5, 0.6) is 0 Å². The van der Waals surface area contributed by atoms with Gasteiger partial charge in [-0.05, 0) is 19.9 Å². The fraction of sp³-hybridized carbons (Fsp3) is 0.750. The summed E-state index contributed by atoms with van der Waals surface area (Å²) in [6.45, 7) is 8.79. The first-order valence-electron chi connectivity index (χ1n) is 3.89. The van der Waals surface area contributed by atoms with Crippen LogP contribution in [0.15, 0.2) is 11.6 Å². The average molecular weight is 178 g/mol. The summed E-state index contributed by atoms with van der Waals surface area (Å²) in [4.78, 5) is 0. The van der Waals surface area contributed by atoms with Gasteiger partial charge in [-0.3, -0.25) is 0 Å². The van der Waals surface area contributed by atoms with Crippen molar-refractivity contribution in [3.8, 4) is 0 Å². The quantitative estimate of drug-likeness (QED) is 0.599. The maximum atomic E-state index is 5.53. The summed E-state index contributed by atoms with van der Waals surface area (Å²) in [6.07, 6.45) is 1.03. The molecule has 0 aliphatic carbocycles. The topological polar surface area (TPSA) is 21.3 Å². The highest BCUT2D eigenvalue weighted by Crippen LogP contribution is 1.91. The lowest BCUT2D eigenvalue weighted by Gasteiger charge is -2.02. The second-order valence-corrected chi connectivity index (χ2v) is 2.78. The Hall–Kier alpha value is -0.0500. The van der Waals surface area contributed by atoms with E-state index >= 15 is 0 Å². The third-order valence-corrected chi connectivity index (χ3v) is 1.30. The molecule has 0 fully saturated rings. The van der Waals surface area contributed by atoms with Crippen molar-refractivity contribution in [2.45, 2.75) is 13.3 Å². The molecule has 2 nitrogen and oxygen atoms in total. The van der Waals surface area contributed by atoms with Crippen LogP contribution in [-0.4, -0.2) is 26.3 Å². The number of halogens is 1. The van der Waals surface area contributed by atoms with Crippen LogP contribution in [0.4, 0.5) is 0 Å². The molecule has 0 radical (unpaired) electrons. The second kappa shape index (κ2) is 8.05. The smallest absolute Gasteiger partial charge is 0.0477 e. The standard InChI is InChI=1S/C8H16ClNO/c1-3-11-6-4-5-10-7-8(2)9/h10H,2-7H2,1H3. The first kappa shape index (κ1) is 11.0. The van der Waals surface area contributed by atoms with Crippen LogP contribution in [0.1, 0.15) is 13.3 Å². The summed E-state index contributed by atoms with van der Waals surface area (Å²) >= 11 is 5.53. The third-order valence-electron chi connectivity index (χ3n) is 1.16. The first-order chi connectivity index (χ1) is 5.27. The van der Waals surface area contributed by atoms with Crippen LogP contribution in [0, 0.1) is 0 Å². The molecular weight excluding hydrogens is 162 g/mol. The van der Waals surface area contributed by atoms with Crippen LogP contribution in [-0.2, 0) is 4.74 Å². The molecular formula is C8H16ClNO. The zero-order valence-corrected chi connectivity index (χ0v) is 7.78. The molecule has 0 unspecified atom stereocenters. The molecule has 1 N–H and O–H groups in total. The van der Waals surface area contributed by atoms with E-state index in [2.05, 4.69) is 11.9 Å². The van der Waals surface area contributed by atoms with E-state index in [0.717, 1.165) is 26.2 Å². The minimum Gasteiger partial charge on any atom is -0.382 e. The van der Waals surface area contributed by atoms with Gasteiger partial charge in [-0.1, -0.05) is 18.2 Å². The van der Waals surface area contributed by atoms with Gasteiger partial charge in [0.05, 0.1) is 0 Å². The molecule has 0 spiro atoms. The fourth-order valence-corrected chi connectivity index (χ4v) is 0.762. The zero-order chi connectivity index (χ0) is 8.53. The summed E-state index contributed by atoms with van der Waals surface area (Å²) in [7, 11) is 0. The van der Waals surface area contributed by atoms with Gasteiger partial charge >= 0.3 is 0 Å². The lowest BCUT2D eigenvalue weighted by Crippen LogP contribution is -2.17.